The Bertz CT molecular complexity index is 438. The summed E-state index contributed by atoms with van der Waals surface area (Å²) < 4.78 is 5.11. The number of aliphatic hydroxyl groups excluding tert-OH is 1. The van der Waals surface area contributed by atoms with Crippen LogP contribution in [0.2, 0.25) is 0 Å². The van der Waals surface area contributed by atoms with E-state index >= 15 is 0 Å². The molecule has 1 unspecified atom stereocenters. The average Bonchev–Trinajstić information content (AvgIpc) is 2.95. The van der Waals surface area contributed by atoms with Gasteiger partial charge < -0.3 is 19.8 Å². The van der Waals surface area contributed by atoms with Gasteiger partial charge in [-0.05, 0) is 33.6 Å². The van der Waals surface area contributed by atoms with Crippen molar-refractivity contribution in [1.29, 1.82) is 0 Å². The van der Waals surface area contributed by atoms with E-state index in [9.17, 15) is 9.90 Å². The first-order valence-electron chi connectivity index (χ1n) is 6.65. The minimum atomic E-state index is -0.154. The Morgan fingerprint density at radius 1 is 1.63 bits per heavy atom. The molecule has 0 spiro atoms. The first-order valence-corrected chi connectivity index (χ1v) is 6.65. The van der Waals surface area contributed by atoms with Crippen molar-refractivity contribution >= 4 is 6.03 Å². The summed E-state index contributed by atoms with van der Waals surface area (Å²) >= 11 is 0. The van der Waals surface area contributed by atoms with Gasteiger partial charge in [-0.1, -0.05) is 5.16 Å². The van der Waals surface area contributed by atoms with Crippen molar-refractivity contribution < 1.29 is 14.4 Å². The monoisotopic (exact) mass is 267 g/mol. The maximum absolute atomic E-state index is 12.2. The molecule has 2 N–H and O–H groups in total. The molecule has 106 valence electrons. The molecule has 2 heterocycles. The molecule has 0 saturated carbocycles. The summed E-state index contributed by atoms with van der Waals surface area (Å²) in [7, 11) is 0. The largest absolute Gasteiger partial charge is 0.394 e. The average molecular weight is 267 g/mol. The lowest BCUT2D eigenvalue weighted by molar-refractivity contribution is 0.155. The molecule has 1 aromatic rings. The number of rotatable bonds is 3. The van der Waals surface area contributed by atoms with Gasteiger partial charge >= 0.3 is 6.03 Å². The van der Waals surface area contributed by atoms with Crippen LogP contribution in [-0.4, -0.2) is 40.4 Å². The van der Waals surface area contributed by atoms with Gasteiger partial charge in [0, 0.05) is 12.1 Å². The number of likely N-dealkylation sites (tertiary alicyclic amines) is 1. The number of amides is 2. The number of aliphatic hydroxyl groups is 1. The summed E-state index contributed by atoms with van der Waals surface area (Å²) in [5.41, 5.74) is 1.72. The third kappa shape index (κ3) is 2.73. The summed E-state index contributed by atoms with van der Waals surface area (Å²) in [6.07, 6.45) is 1.81. The van der Waals surface area contributed by atoms with Gasteiger partial charge in [0.15, 0.2) is 0 Å². The lowest BCUT2D eigenvalue weighted by Crippen LogP contribution is -2.45. The van der Waals surface area contributed by atoms with E-state index in [1.54, 1.807) is 4.90 Å². The zero-order valence-corrected chi connectivity index (χ0v) is 11.6. The maximum atomic E-state index is 12.2. The summed E-state index contributed by atoms with van der Waals surface area (Å²) in [5, 5.41) is 16.1. The fraction of sp³-hybridized carbons (Fsp3) is 0.692. The highest BCUT2D eigenvalue weighted by atomic mass is 16.5. The minimum absolute atomic E-state index is 0.0210. The smallest absolute Gasteiger partial charge is 0.318 e. The quantitative estimate of drug-likeness (QED) is 0.870. The molecule has 1 fully saturated rings. The molecule has 2 atom stereocenters. The Balaban J connectivity index is 2.03. The molecule has 1 saturated heterocycles. The van der Waals surface area contributed by atoms with Gasteiger partial charge in [-0.15, -0.1) is 0 Å². The van der Waals surface area contributed by atoms with Crippen LogP contribution in [0.25, 0.3) is 0 Å². The van der Waals surface area contributed by atoms with E-state index in [1.807, 2.05) is 20.8 Å². The van der Waals surface area contributed by atoms with Crippen molar-refractivity contribution in [2.45, 2.75) is 45.7 Å². The van der Waals surface area contributed by atoms with Crippen LogP contribution < -0.4 is 5.32 Å². The molecule has 2 amide bonds. The zero-order chi connectivity index (χ0) is 14.0. The number of carbonyl (C=O) groups is 1. The van der Waals surface area contributed by atoms with Crippen molar-refractivity contribution in [3.05, 3.63) is 17.0 Å². The number of hydrogen-bond donors (Lipinski definition) is 2. The normalized spacial score (nSPS) is 20.6. The minimum Gasteiger partial charge on any atom is -0.394 e. The number of urea groups is 1. The van der Waals surface area contributed by atoms with Gasteiger partial charge in [0.1, 0.15) is 5.76 Å². The molecule has 6 nitrogen and oxygen atoms in total. The topological polar surface area (TPSA) is 78.6 Å². The number of aryl methyl sites for hydroxylation is 2. The van der Waals surface area contributed by atoms with E-state index in [0.29, 0.717) is 6.54 Å². The second kappa shape index (κ2) is 5.61. The van der Waals surface area contributed by atoms with Crippen LogP contribution >= 0.6 is 0 Å². The Kier molecular flexibility index (Phi) is 4.09. The standard InChI is InChI=1S/C13H21N3O3/c1-8(12-9(2)15-19-10(12)3)14-13(18)16-6-4-5-11(16)7-17/h8,11,17H,4-7H2,1-3H3,(H,14,18)/t8?,11-/m0/s1. The molecular formula is C13H21N3O3. The Hall–Kier alpha value is -1.56. The summed E-state index contributed by atoms with van der Waals surface area (Å²) in [5.74, 6) is 0.727. The highest BCUT2D eigenvalue weighted by molar-refractivity contribution is 5.75. The van der Waals surface area contributed by atoms with Crippen molar-refractivity contribution in [2.24, 2.45) is 0 Å². The van der Waals surface area contributed by atoms with Crippen LogP contribution in [0.15, 0.2) is 4.52 Å². The van der Waals surface area contributed by atoms with E-state index in [4.69, 9.17) is 4.52 Å². The van der Waals surface area contributed by atoms with E-state index in [1.165, 1.54) is 0 Å². The predicted octanol–water partition coefficient (Wildman–Crippen LogP) is 1.52. The number of nitrogens with zero attached hydrogens (tertiary/aromatic N) is 2. The zero-order valence-electron chi connectivity index (χ0n) is 11.6. The SMILES string of the molecule is Cc1noc(C)c1C(C)NC(=O)N1CCC[C@H]1CO. The number of nitrogens with one attached hydrogen (secondary N) is 1. The summed E-state index contributed by atoms with van der Waals surface area (Å²) in [6.45, 7) is 6.33. The second-order valence-electron chi connectivity index (χ2n) is 5.08. The van der Waals surface area contributed by atoms with Crippen LogP contribution in [0.3, 0.4) is 0 Å². The molecule has 1 aliphatic heterocycles. The van der Waals surface area contributed by atoms with Gasteiger partial charge in [-0.2, -0.15) is 0 Å². The van der Waals surface area contributed by atoms with Gasteiger partial charge in [0.2, 0.25) is 0 Å². The van der Waals surface area contributed by atoms with Crippen LogP contribution in [-0.2, 0) is 0 Å². The molecular weight excluding hydrogens is 246 g/mol. The molecule has 6 heteroatoms. The third-order valence-electron chi connectivity index (χ3n) is 3.71. The molecule has 0 bridgehead atoms. The molecule has 19 heavy (non-hydrogen) atoms. The van der Waals surface area contributed by atoms with E-state index in [0.717, 1.165) is 29.9 Å². The third-order valence-corrected chi connectivity index (χ3v) is 3.71. The van der Waals surface area contributed by atoms with Crippen molar-refractivity contribution in [2.75, 3.05) is 13.2 Å². The first kappa shape index (κ1) is 13.9. The molecule has 2 rings (SSSR count). The van der Waals surface area contributed by atoms with Crippen molar-refractivity contribution in [3.63, 3.8) is 0 Å². The molecule has 0 aliphatic carbocycles. The fourth-order valence-electron chi connectivity index (χ4n) is 2.74. The van der Waals surface area contributed by atoms with Crippen LogP contribution in [0, 0.1) is 13.8 Å². The molecule has 0 radical (unpaired) electrons. The van der Waals surface area contributed by atoms with Crippen LogP contribution in [0.4, 0.5) is 4.79 Å². The number of hydrogen-bond acceptors (Lipinski definition) is 4. The Morgan fingerprint density at radius 3 is 2.95 bits per heavy atom. The summed E-state index contributed by atoms with van der Waals surface area (Å²) in [6, 6.07) is -0.348. The molecule has 0 aromatic carbocycles. The Morgan fingerprint density at radius 2 is 2.37 bits per heavy atom. The Labute approximate surface area is 112 Å². The van der Waals surface area contributed by atoms with E-state index < -0.39 is 0 Å². The highest BCUT2D eigenvalue weighted by Gasteiger charge is 2.29. The lowest BCUT2D eigenvalue weighted by Gasteiger charge is -2.25. The van der Waals surface area contributed by atoms with Crippen LogP contribution in [0.5, 0.6) is 0 Å². The predicted molar refractivity (Wildman–Crippen MR) is 69.7 cm³/mol. The van der Waals surface area contributed by atoms with Crippen molar-refractivity contribution in [1.82, 2.24) is 15.4 Å². The molecule has 1 aliphatic rings. The maximum Gasteiger partial charge on any atom is 0.318 e. The van der Waals surface area contributed by atoms with Crippen LogP contribution in [0.1, 0.15) is 42.8 Å². The first-order chi connectivity index (χ1) is 9.04. The van der Waals surface area contributed by atoms with Crippen molar-refractivity contribution in [3.8, 4) is 0 Å². The van der Waals surface area contributed by atoms with Gasteiger partial charge in [-0.3, -0.25) is 0 Å². The lowest BCUT2D eigenvalue weighted by atomic mass is 10.1. The molecule has 1 aromatic heterocycles. The highest BCUT2D eigenvalue weighted by Crippen LogP contribution is 2.22. The van der Waals surface area contributed by atoms with Gasteiger partial charge in [0.25, 0.3) is 0 Å². The summed E-state index contributed by atoms with van der Waals surface area (Å²) in [4.78, 5) is 13.9. The number of aromatic nitrogens is 1. The fourth-order valence-corrected chi connectivity index (χ4v) is 2.74. The van der Waals surface area contributed by atoms with E-state index in [2.05, 4.69) is 10.5 Å². The second-order valence-corrected chi connectivity index (χ2v) is 5.08. The van der Waals surface area contributed by atoms with Gasteiger partial charge in [-0.25, -0.2) is 4.79 Å². The van der Waals surface area contributed by atoms with E-state index in [-0.39, 0.29) is 24.7 Å². The number of carbonyl (C=O) groups excluding carboxylic acids is 1. The van der Waals surface area contributed by atoms with Gasteiger partial charge in [0.05, 0.1) is 24.4 Å².